The van der Waals surface area contributed by atoms with Gasteiger partial charge in [-0.15, -0.1) is 0 Å². The molecule has 7 heteroatoms. The average molecular weight is 201 g/mol. The summed E-state index contributed by atoms with van der Waals surface area (Å²) in [5, 5.41) is 8.80. The predicted octanol–water partition coefficient (Wildman–Crippen LogP) is -2.06. The van der Waals surface area contributed by atoms with Crippen LogP contribution in [-0.2, 0) is 4.79 Å². The fourth-order valence-corrected chi connectivity index (χ4v) is 1.21. The number of hydrogen-bond acceptors (Lipinski definition) is 5. The second kappa shape index (κ2) is 4.89. The molecule has 3 amide bonds. The molecule has 0 aromatic carbocycles. The van der Waals surface area contributed by atoms with E-state index in [1.54, 1.807) is 0 Å². The van der Waals surface area contributed by atoms with E-state index >= 15 is 0 Å². The highest BCUT2D eigenvalue weighted by molar-refractivity contribution is 6.03. The molecule has 1 rings (SSSR count). The van der Waals surface area contributed by atoms with E-state index < -0.39 is 18.1 Å². The first kappa shape index (κ1) is 10.9. The summed E-state index contributed by atoms with van der Waals surface area (Å²) < 4.78 is 0. The second-order valence-electron chi connectivity index (χ2n) is 3.06. The topological polar surface area (TPSA) is 99.5 Å². The summed E-state index contributed by atoms with van der Waals surface area (Å²) in [6.45, 7) is 1.36. The first-order valence-electron chi connectivity index (χ1n) is 4.42. The molecular weight excluding hydrogens is 186 g/mol. The standard InChI is InChI=1S/C7H15N5O2/c1-9-3-2-4-12(8)5-6(13)11-7(14)10-5/h5,9H,2-4,8H2,1H3,(H2,10,11,13,14). The lowest BCUT2D eigenvalue weighted by Crippen LogP contribution is -2.51. The Morgan fingerprint density at radius 3 is 2.79 bits per heavy atom. The first-order valence-corrected chi connectivity index (χ1v) is 4.42. The van der Waals surface area contributed by atoms with E-state index in [1.165, 1.54) is 5.01 Å². The highest BCUT2D eigenvalue weighted by atomic mass is 16.2. The maximum atomic E-state index is 11.1. The molecule has 1 aliphatic heterocycles. The number of hydrazine groups is 1. The van der Waals surface area contributed by atoms with Crippen LogP contribution in [0.15, 0.2) is 0 Å². The van der Waals surface area contributed by atoms with Crippen molar-refractivity contribution < 1.29 is 9.59 Å². The van der Waals surface area contributed by atoms with E-state index in [4.69, 9.17) is 5.84 Å². The van der Waals surface area contributed by atoms with Crippen LogP contribution in [0.4, 0.5) is 4.79 Å². The van der Waals surface area contributed by atoms with Gasteiger partial charge in [-0.3, -0.25) is 16.0 Å². The summed E-state index contributed by atoms with van der Waals surface area (Å²) in [4.78, 5) is 21.9. The van der Waals surface area contributed by atoms with Gasteiger partial charge in [-0.25, -0.2) is 9.80 Å². The summed E-state index contributed by atoms with van der Waals surface area (Å²) in [6.07, 6.45) is 0.0754. The van der Waals surface area contributed by atoms with Crippen LogP contribution in [0.2, 0.25) is 0 Å². The molecule has 5 N–H and O–H groups in total. The number of nitrogens with one attached hydrogen (secondary N) is 3. The van der Waals surface area contributed by atoms with Crippen LogP contribution in [0.1, 0.15) is 6.42 Å². The van der Waals surface area contributed by atoms with Crippen molar-refractivity contribution in [3.05, 3.63) is 0 Å². The molecule has 1 atom stereocenters. The third-order valence-electron chi connectivity index (χ3n) is 1.93. The van der Waals surface area contributed by atoms with Crippen molar-refractivity contribution in [2.75, 3.05) is 20.1 Å². The molecule has 0 aliphatic carbocycles. The number of rotatable bonds is 5. The molecular formula is C7H15N5O2. The Hall–Kier alpha value is -1.18. The van der Waals surface area contributed by atoms with Crippen LogP contribution in [0.25, 0.3) is 0 Å². The molecule has 0 aromatic heterocycles. The van der Waals surface area contributed by atoms with Crippen LogP contribution < -0.4 is 21.8 Å². The predicted molar refractivity (Wildman–Crippen MR) is 49.9 cm³/mol. The van der Waals surface area contributed by atoms with Gasteiger partial charge in [-0.05, 0) is 20.0 Å². The van der Waals surface area contributed by atoms with E-state index in [0.29, 0.717) is 6.54 Å². The number of imide groups is 1. The van der Waals surface area contributed by atoms with Crippen molar-refractivity contribution in [3.8, 4) is 0 Å². The zero-order valence-electron chi connectivity index (χ0n) is 8.04. The molecule has 0 aromatic rings. The van der Waals surface area contributed by atoms with Gasteiger partial charge in [0.05, 0.1) is 0 Å². The molecule has 80 valence electrons. The third-order valence-corrected chi connectivity index (χ3v) is 1.93. The molecule has 1 saturated heterocycles. The van der Waals surface area contributed by atoms with Crippen LogP contribution >= 0.6 is 0 Å². The Balaban J connectivity index is 2.33. The second-order valence-corrected chi connectivity index (χ2v) is 3.06. The summed E-state index contributed by atoms with van der Waals surface area (Å²) >= 11 is 0. The Morgan fingerprint density at radius 1 is 1.57 bits per heavy atom. The third kappa shape index (κ3) is 2.66. The zero-order chi connectivity index (χ0) is 10.6. The Bertz CT molecular complexity index is 232. The van der Waals surface area contributed by atoms with E-state index in [2.05, 4.69) is 16.0 Å². The fraction of sp³-hybridized carbons (Fsp3) is 0.714. The molecule has 7 nitrogen and oxygen atoms in total. The van der Waals surface area contributed by atoms with Crippen molar-refractivity contribution in [2.24, 2.45) is 5.84 Å². The van der Waals surface area contributed by atoms with Crippen molar-refractivity contribution in [3.63, 3.8) is 0 Å². The van der Waals surface area contributed by atoms with Gasteiger partial charge in [-0.2, -0.15) is 0 Å². The maximum absolute atomic E-state index is 11.1. The normalized spacial score (nSPS) is 21.2. The van der Waals surface area contributed by atoms with Crippen molar-refractivity contribution in [2.45, 2.75) is 12.6 Å². The largest absolute Gasteiger partial charge is 0.323 e. The molecule has 0 saturated carbocycles. The highest BCUT2D eigenvalue weighted by Gasteiger charge is 2.32. The molecule has 1 aliphatic rings. The first-order chi connectivity index (χ1) is 6.65. The number of nitrogens with zero attached hydrogens (tertiary/aromatic N) is 1. The van der Waals surface area contributed by atoms with Gasteiger partial charge < -0.3 is 10.6 Å². The molecule has 1 unspecified atom stereocenters. The van der Waals surface area contributed by atoms with Crippen LogP contribution in [0.3, 0.4) is 0 Å². The zero-order valence-corrected chi connectivity index (χ0v) is 8.04. The molecule has 1 fully saturated rings. The Kier molecular flexibility index (Phi) is 3.81. The summed E-state index contributed by atoms with van der Waals surface area (Å²) in [5.74, 6) is 5.20. The minimum atomic E-state index is -0.737. The lowest BCUT2D eigenvalue weighted by atomic mass is 10.3. The van der Waals surface area contributed by atoms with Crippen molar-refractivity contribution in [1.29, 1.82) is 0 Å². The number of carbonyl (C=O) groups excluding carboxylic acids is 2. The quantitative estimate of drug-likeness (QED) is 0.177. The van der Waals surface area contributed by atoms with Gasteiger partial charge in [0.15, 0.2) is 6.17 Å². The monoisotopic (exact) mass is 201 g/mol. The Labute approximate surface area is 82.0 Å². The number of urea groups is 1. The van der Waals surface area contributed by atoms with E-state index in [-0.39, 0.29) is 0 Å². The van der Waals surface area contributed by atoms with Gasteiger partial charge in [-0.1, -0.05) is 0 Å². The SMILES string of the molecule is CNCCCN(N)C1NC(=O)NC1=O. The fourth-order valence-electron chi connectivity index (χ4n) is 1.21. The van der Waals surface area contributed by atoms with Crippen LogP contribution in [-0.4, -0.2) is 43.3 Å². The number of amides is 3. The number of hydrogen-bond donors (Lipinski definition) is 4. The van der Waals surface area contributed by atoms with E-state index in [1.807, 2.05) is 7.05 Å². The molecule has 1 heterocycles. The van der Waals surface area contributed by atoms with Gasteiger partial charge in [0.25, 0.3) is 5.91 Å². The summed E-state index contributed by atoms with van der Waals surface area (Å²) in [7, 11) is 1.84. The molecule has 0 bridgehead atoms. The molecule has 14 heavy (non-hydrogen) atoms. The van der Waals surface area contributed by atoms with Gasteiger partial charge in [0, 0.05) is 6.54 Å². The average Bonchev–Trinajstić information content (AvgIpc) is 2.45. The number of nitrogens with two attached hydrogens (primary N) is 1. The van der Waals surface area contributed by atoms with Crippen molar-refractivity contribution >= 4 is 11.9 Å². The summed E-state index contributed by atoms with van der Waals surface area (Å²) in [5.41, 5.74) is 0. The molecule has 0 spiro atoms. The van der Waals surface area contributed by atoms with Crippen LogP contribution in [0.5, 0.6) is 0 Å². The van der Waals surface area contributed by atoms with E-state index in [0.717, 1.165) is 13.0 Å². The Morgan fingerprint density at radius 2 is 2.29 bits per heavy atom. The van der Waals surface area contributed by atoms with Crippen LogP contribution in [0, 0.1) is 0 Å². The van der Waals surface area contributed by atoms with Gasteiger partial charge >= 0.3 is 6.03 Å². The highest BCUT2D eigenvalue weighted by Crippen LogP contribution is 1.97. The van der Waals surface area contributed by atoms with Gasteiger partial charge in [0.2, 0.25) is 0 Å². The van der Waals surface area contributed by atoms with Crippen molar-refractivity contribution in [1.82, 2.24) is 21.0 Å². The smallest absolute Gasteiger partial charge is 0.320 e. The minimum absolute atomic E-state index is 0.401. The van der Waals surface area contributed by atoms with Gasteiger partial charge in [0.1, 0.15) is 0 Å². The lowest BCUT2D eigenvalue weighted by molar-refractivity contribution is -0.124. The summed E-state index contributed by atoms with van der Waals surface area (Å²) in [6, 6.07) is -0.496. The number of carbonyl (C=O) groups is 2. The minimum Gasteiger partial charge on any atom is -0.320 e. The van der Waals surface area contributed by atoms with E-state index in [9.17, 15) is 9.59 Å². The maximum Gasteiger partial charge on any atom is 0.323 e. The molecule has 0 radical (unpaired) electrons. The lowest BCUT2D eigenvalue weighted by Gasteiger charge is -2.20.